The first-order valence-corrected chi connectivity index (χ1v) is 5.38. The van der Waals surface area contributed by atoms with Crippen molar-refractivity contribution in [2.75, 3.05) is 7.11 Å². The van der Waals surface area contributed by atoms with Crippen LogP contribution in [0.5, 0.6) is 0 Å². The van der Waals surface area contributed by atoms with E-state index in [4.69, 9.17) is 0 Å². The Morgan fingerprint density at radius 1 is 1.40 bits per heavy atom. The third-order valence-electron chi connectivity index (χ3n) is 1.86. The predicted molar refractivity (Wildman–Crippen MR) is 50.8 cm³/mol. The van der Waals surface area contributed by atoms with E-state index in [1.165, 1.54) is 26.2 Å². The van der Waals surface area contributed by atoms with Gasteiger partial charge in [0.2, 0.25) is 0 Å². The highest BCUT2D eigenvalue weighted by molar-refractivity contribution is 7.86. The second-order valence-corrected chi connectivity index (χ2v) is 4.23. The van der Waals surface area contributed by atoms with Gasteiger partial charge in [-0.05, 0) is 30.7 Å². The molecule has 15 heavy (non-hydrogen) atoms. The predicted octanol–water partition coefficient (Wildman–Crippen LogP) is 1.44. The fourth-order valence-corrected chi connectivity index (χ4v) is 1.84. The molecule has 0 atom stereocenters. The van der Waals surface area contributed by atoms with E-state index >= 15 is 0 Å². The molecule has 4 nitrogen and oxygen atoms in total. The number of halogens is 1. The zero-order chi connectivity index (χ0) is 11.6. The molecule has 1 aromatic carbocycles. The summed E-state index contributed by atoms with van der Waals surface area (Å²) in [7, 11) is -3.53. The van der Waals surface area contributed by atoms with Gasteiger partial charge in [-0.15, -0.1) is 3.89 Å². The second-order valence-electron chi connectivity index (χ2n) is 2.91. The maximum absolute atomic E-state index is 12.7. The quantitative estimate of drug-likeness (QED) is 0.571. The third-order valence-corrected chi connectivity index (χ3v) is 2.84. The lowest BCUT2D eigenvalue weighted by atomic mass is 10.1. The van der Waals surface area contributed by atoms with Crippen LogP contribution >= 0.6 is 0 Å². The molecule has 6 heteroatoms. The van der Waals surface area contributed by atoms with Crippen LogP contribution in [0.4, 0.5) is 3.89 Å². The van der Waals surface area contributed by atoms with Crippen molar-refractivity contribution in [1.82, 2.24) is 0 Å². The molecule has 0 heterocycles. The van der Waals surface area contributed by atoms with Crippen molar-refractivity contribution < 1.29 is 21.8 Å². The molecule has 0 bridgehead atoms. The smallest absolute Gasteiger partial charge is 0.337 e. The Morgan fingerprint density at radius 2 is 2.00 bits per heavy atom. The van der Waals surface area contributed by atoms with E-state index in [0.717, 1.165) is 6.07 Å². The van der Waals surface area contributed by atoms with E-state index < -0.39 is 21.1 Å². The number of hydrogen-bond donors (Lipinski definition) is 0. The number of benzene rings is 1. The topological polar surface area (TPSA) is 60.4 Å². The van der Waals surface area contributed by atoms with Gasteiger partial charge in [0, 0.05) is 0 Å². The first kappa shape index (κ1) is 11.6. The van der Waals surface area contributed by atoms with Crippen LogP contribution in [0.2, 0.25) is 0 Å². The van der Waals surface area contributed by atoms with E-state index in [9.17, 15) is 17.1 Å². The van der Waals surface area contributed by atoms with Gasteiger partial charge in [0.25, 0.3) is 0 Å². The standard InChI is InChI=1S/C9H9FO4S/c1-6-5-7(9(11)14-2)3-4-8(6)15(10,12)13/h3-5H,1-2H3. The van der Waals surface area contributed by atoms with Crippen LogP contribution in [0.1, 0.15) is 15.9 Å². The minimum atomic E-state index is -4.73. The second kappa shape index (κ2) is 3.98. The third kappa shape index (κ3) is 2.53. The number of ether oxygens (including phenoxy) is 1. The molecule has 0 fully saturated rings. The summed E-state index contributed by atoms with van der Waals surface area (Å²) in [4.78, 5) is 10.6. The molecule has 0 aromatic heterocycles. The van der Waals surface area contributed by atoms with Gasteiger partial charge in [-0.25, -0.2) is 4.79 Å². The Labute approximate surface area is 86.9 Å². The molecule has 1 rings (SSSR count). The molecular weight excluding hydrogens is 223 g/mol. The molecule has 82 valence electrons. The van der Waals surface area contributed by atoms with Crippen molar-refractivity contribution in [3.05, 3.63) is 29.3 Å². The van der Waals surface area contributed by atoms with Crippen LogP contribution in [0.15, 0.2) is 23.1 Å². The number of hydrogen-bond acceptors (Lipinski definition) is 4. The van der Waals surface area contributed by atoms with Crippen LogP contribution in [0.25, 0.3) is 0 Å². The van der Waals surface area contributed by atoms with E-state index in [-0.39, 0.29) is 11.1 Å². The Bertz CT molecular complexity index is 493. The number of rotatable bonds is 2. The van der Waals surface area contributed by atoms with Gasteiger partial charge in [-0.3, -0.25) is 0 Å². The number of esters is 1. The lowest BCUT2D eigenvalue weighted by molar-refractivity contribution is 0.0600. The average Bonchev–Trinajstić information content (AvgIpc) is 2.14. The fraction of sp³-hybridized carbons (Fsp3) is 0.222. The van der Waals surface area contributed by atoms with Crippen LogP contribution in [0.3, 0.4) is 0 Å². The van der Waals surface area contributed by atoms with Gasteiger partial charge in [-0.2, -0.15) is 8.42 Å². The van der Waals surface area contributed by atoms with Crippen LogP contribution in [0, 0.1) is 6.92 Å². The minimum absolute atomic E-state index is 0.167. The molecule has 0 spiro atoms. The summed E-state index contributed by atoms with van der Waals surface area (Å²) >= 11 is 0. The molecule has 1 aromatic rings. The summed E-state index contributed by atoms with van der Waals surface area (Å²) in [6.45, 7) is 1.40. The molecule has 0 saturated carbocycles. The van der Waals surface area contributed by atoms with Gasteiger partial charge < -0.3 is 4.74 Å². The Morgan fingerprint density at radius 3 is 2.40 bits per heavy atom. The average molecular weight is 232 g/mol. The van der Waals surface area contributed by atoms with Crippen LogP contribution in [-0.4, -0.2) is 21.5 Å². The van der Waals surface area contributed by atoms with Gasteiger partial charge in [-0.1, -0.05) is 0 Å². The summed E-state index contributed by atoms with van der Waals surface area (Å²) < 4.78 is 38.3. The van der Waals surface area contributed by atoms with Crippen LogP contribution in [-0.2, 0) is 15.0 Å². The maximum atomic E-state index is 12.7. The number of carbonyl (C=O) groups excluding carboxylic acids is 1. The zero-order valence-corrected chi connectivity index (χ0v) is 8.97. The highest BCUT2D eigenvalue weighted by atomic mass is 32.3. The van der Waals surface area contributed by atoms with Crippen molar-refractivity contribution in [1.29, 1.82) is 0 Å². The van der Waals surface area contributed by atoms with Crippen molar-refractivity contribution >= 4 is 16.2 Å². The van der Waals surface area contributed by atoms with Gasteiger partial charge >= 0.3 is 16.2 Å². The van der Waals surface area contributed by atoms with Gasteiger partial charge in [0.15, 0.2) is 0 Å². The zero-order valence-electron chi connectivity index (χ0n) is 8.15. The molecule has 0 aliphatic carbocycles. The molecule has 0 radical (unpaired) electrons. The number of methoxy groups -OCH3 is 1. The maximum Gasteiger partial charge on any atom is 0.337 e. The summed E-state index contributed by atoms with van der Waals surface area (Å²) in [5.41, 5.74) is 0.350. The lowest BCUT2D eigenvalue weighted by Gasteiger charge is -2.03. The van der Waals surface area contributed by atoms with Crippen LogP contribution < -0.4 is 0 Å². The SMILES string of the molecule is COC(=O)c1ccc(S(=O)(=O)F)c(C)c1. The fourth-order valence-electron chi connectivity index (χ4n) is 1.17. The summed E-state index contributed by atoms with van der Waals surface area (Å²) in [6, 6.07) is 3.50. The molecule has 0 aliphatic rings. The largest absolute Gasteiger partial charge is 0.465 e. The summed E-state index contributed by atoms with van der Waals surface area (Å²) in [5.74, 6) is -0.596. The van der Waals surface area contributed by atoms with E-state index in [2.05, 4.69) is 4.74 Å². The summed E-state index contributed by atoms with van der Waals surface area (Å²) in [6.07, 6.45) is 0. The molecule has 0 amide bonds. The highest BCUT2D eigenvalue weighted by Crippen LogP contribution is 2.19. The molecule has 0 saturated heterocycles. The van der Waals surface area contributed by atoms with E-state index in [1.807, 2.05) is 0 Å². The van der Waals surface area contributed by atoms with Crippen molar-refractivity contribution in [2.24, 2.45) is 0 Å². The molecule has 0 aliphatic heterocycles. The van der Waals surface area contributed by atoms with Gasteiger partial charge in [0.1, 0.15) is 4.90 Å². The summed E-state index contributed by atoms with van der Waals surface area (Å²) in [5, 5.41) is 0. The Hall–Kier alpha value is -1.43. The number of carbonyl (C=O) groups is 1. The normalized spacial score (nSPS) is 11.1. The first-order valence-electron chi connectivity index (χ1n) is 4.00. The van der Waals surface area contributed by atoms with Crippen molar-refractivity contribution in [3.63, 3.8) is 0 Å². The van der Waals surface area contributed by atoms with Gasteiger partial charge in [0.05, 0.1) is 12.7 Å². The van der Waals surface area contributed by atoms with Crippen molar-refractivity contribution in [2.45, 2.75) is 11.8 Å². The Kier molecular flexibility index (Phi) is 3.09. The lowest BCUT2D eigenvalue weighted by Crippen LogP contribution is -2.03. The highest BCUT2D eigenvalue weighted by Gasteiger charge is 2.16. The molecular formula is C9H9FO4S. The van der Waals surface area contributed by atoms with E-state index in [0.29, 0.717) is 0 Å². The van der Waals surface area contributed by atoms with E-state index in [1.54, 1.807) is 0 Å². The Balaban J connectivity index is 3.27. The first-order chi connectivity index (χ1) is 6.86. The molecule has 0 unspecified atom stereocenters. The number of aryl methyl sites for hydroxylation is 1. The minimum Gasteiger partial charge on any atom is -0.465 e. The monoisotopic (exact) mass is 232 g/mol. The van der Waals surface area contributed by atoms with Crippen molar-refractivity contribution in [3.8, 4) is 0 Å². The molecule has 0 N–H and O–H groups in total.